The number of carbonyl (C=O) groups excluding carboxylic acids is 1. The van der Waals surface area contributed by atoms with Gasteiger partial charge < -0.3 is 15.4 Å². The third-order valence-electron chi connectivity index (χ3n) is 3.68. The summed E-state index contributed by atoms with van der Waals surface area (Å²) in [5, 5.41) is 0. The lowest BCUT2D eigenvalue weighted by atomic mass is 10.1. The Morgan fingerprint density at radius 1 is 1.37 bits per heavy atom. The van der Waals surface area contributed by atoms with Crippen molar-refractivity contribution in [2.75, 3.05) is 20.2 Å². The van der Waals surface area contributed by atoms with E-state index in [2.05, 4.69) is 0 Å². The molecule has 2 N–H and O–H groups in total. The Kier molecular flexibility index (Phi) is 4.93. The summed E-state index contributed by atoms with van der Waals surface area (Å²) in [7, 11) is 1.71. The molecule has 1 atom stereocenters. The van der Waals surface area contributed by atoms with Crippen molar-refractivity contribution in [2.24, 2.45) is 5.73 Å². The monoisotopic (exact) mass is 262 g/mol. The summed E-state index contributed by atoms with van der Waals surface area (Å²) in [4.78, 5) is 14.1. The quantitative estimate of drug-likeness (QED) is 0.890. The lowest BCUT2D eigenvalue weighted by Crippen LogP contribution is -2.43. The molecule has 1 unspecified atom stereocenters. The van der Waals surface area contributed by atoms with Crippen molar-refractivity contribution in [3.8, 4) is 0 Å². The van der Waals surface area contributed by atoms with Gasteiger partial charge in [0.2, 0.25) is 5.91 Å². The molecule has 1 aliphatic rings. The number of likely N-dealkylation sites (tertiary alicyclic amines) is 1. The number of nitrogens with zero attached hydrogens (tertiary/aromatic N) is 1. The van der Waals surface area contributed by atoms with Gasteiger partial charge in [0.1, 0.15) is 0 Å². The molecule has 2 rings (SSSR count). The van der Waals surface area contributed by atoms with Gasteiger partial charge >= 0.3 is 0 Å². The first kappa shape index (κ1) is 14.0. The normalized spacial score (nSPS) is 19.5. The van der Waals surface area contributed by atoms with E-state index in [1.165, 1.54) is 0 Å². The Morgan fingerprint density at radius 3 is 2.68 bits per heavy atom. The Labute approximate surface area is 114 Å². The third-order valence-corrected chi connectivity index (χ3v) is 3.68. The van der Waals surface area contributed by atoms with Gasteiger partial charge in [0.25, 0.3) is 0 Å². The Bertz CT molecular complexity index is 417. The van der Waals surface area contributed by atoms with Crippen LogP contribution in [0.4, 0.5) is 0 Å². The van der Waals surface area contributed by atoms with Crippen molar-refractivity contribution in [1.29, 1.82) is 0 Å². The number of ether oxygens (including phenoxy) is 1. The summed E-state index contributed by atoms with van der Waals surface area (Å²) in [6, 6.07) is 7.93. The average Bonchev–Trinajstić information content (AvgIpc) is 2.48. The molecule has 104 valence electrons. The summed E-state index contributed by atoms with van der Waals surface area (Å²) in [5.74, 6) is 0.183. The minimum atomic E-state index is 0.183. The molecule has 1 heterocycles. The summed E-state index contributed by atoms with van der Waals surface area (Å²) >= 11 is 0. The molecule has 0 aromatic heterocycles. The second-order valence-corrected chi connectivity index (χ2v) is 5.04. The number of carbonyl (C=O) groups is 1. The van der Waals surface area contributed by atoms with E-state index < -0.39 is 0 Å². The molecule has 0 spiro atoms. The molecule has 1 fully saturated rings. The number of rotatable bonds is 4. The van der Waals surface area contributed by atoms with E-state index >= 15 is 0 Å². The highest BCUT2D eigenvalue weighted by molar-refractivity contribution is 5.78. The second kappa shape index (κ2) is 6.68. The van der Waals surface area contributed by atoms with E-state index in [4.69, 9.17) is 10.5 Å². The van der Waals surface area contributed by atoms with Crippen molar-refractivity contribution in [3.63, 3.8) is 0 Å². The van der Waals surface area contributed by atoms with Crippen LogP contribution >= 0.6 is 0 Å². The van der Waals surface area contributed by atoms with Crippen molar-refractivity contribution in [2.45, 2.75) is 31.9 Å². The van der Waals surface area contributed by atoms with Crippen molar-refractivity contribution in [3.05, 3.63) is 35.4 Å². The van der Waals surface area contributed by atoms with Crippen LogP contribution < -0.4 is 5.73 Å². The van der Waals surface area contributed by atoms with Crippen molar-refractivity contribution < 1.29 is 9.53 Å². The van der Waals surface area contributed by atoms with Gasteiger partial charge in [0.05, 0.1) is 12.5 Å². The summed E-state index contributed by atoms with van der Waals surface area (Å²) < 4.78 is 5.34. The Morgan fingerprint density at radius 2 is 2.05 bits per heavy atom. The van der Waals surface area contributed by atoms with Gasteiger partial charge in [-0.3, -0.25) is 4.79 Å². The van der Waals surface area contributed by atoms with Crippen LogP contribution in [-0.2, 0) is 22.5 Å². The van der Waals surface area contributed by atoms with Crippen LogP contribution in [0.1, 0.15) is 24.0 Å². The van der Waals surface area contributed by atoms with Gasteiger partial charge in [-0.05, 0) is 24.0 Å². The number of amides is 1. The van der Waals surface area contributed by atoms with Crippen LogP contribution in [0.15, 0.2) is 24.3 Å². The van der Waals surface area contributed by atoms with Crippen LogP contribution in [0, 0.1) is 0 Å². The first-order valence-electron chi connectivity index (χ1n) is 6.81. The van der Waals surface area contributed by atoms with Gasteiger partial charge in [-0.15, -0.1) is 0 Å². The Hall–Kier alpha value is -1.39. The first-order valence-corrected chi connectivity index (χ1v) is 6.81. The van der Waals surface area contributed by atoms with Crippen molar-refractivity contribution in [1.82, 2.24) is 4.90 Å². The molecule has 0 aliphatic carbocycles. The lowest BCUT2D eigenvalue weighted by molar-refractivity contribution is -0.134. The molecule has 1 aliphatic heterocycles. The fourth-order valence-electron chi connectivity index (χ4n) is 2.44. The molecule has 1 aromatic rings. The Balaban J connectivity index is 1.92. The highest BCUT2D eigenvalue weighted by Gasteiger charge is 2.23. The molecular formula is C15H22N2O2. The molecule has 0 saturated carbocycles. The number of piperidine rings is 1. The van der Waals surface area contributed by atoms with Crippen LogP contribution in [0.3, 0.4) is 0 Å². The maximum atomic E-state index is 12.2. The molecule has 19 heavy (non-hydrogen) atoms. The van der Waals surface area contributed by atoms with Crippen LogP contribution in [0.25, 0.3) is 0 Å². The van der Waals surface area contributed by atoms with Gasteiger partial charge in [0.15, 0.2) is 0 Å². The fourth-order valence-corrected chi connectivity index (χ4v) is 2.44. The molecule has 1 amide bonds. The number of benzene rings is 1. The van der Waals surface area contributed by atoms with E-state index in [1.54, 1.807) is 7.11 Å². The van der Waals surface area contributed by atoms with E-state index in [9.17, 15) is 4.79 Å². The third kappa shape index (κ3) is 3.78. The molecule has 4 nitrogen and oxygen atoms in total. The second-order valence-electron chi connectivity index (χ2n) is 5.04. The van der Waals surface area contributed by atoms with E-state index in [0.717, 1.165) is 37.1 Å². The van der Waals surface area contributed by atoms with Gasteiger partial charge in [-0.25, -0.2) is 0 Å². The summed E-state index contributed by atoms with van der Waals surface area (Å²) in [6.45, 7) is 2.10. The maximum absolute atomic E-state index is 12.2. The predicted molar refractivity (Wildman–Crippen MR) is 74.6 cm³/mol. The molecule has 4 heteroatoms. The van der Waals surface area contributed by atoms with Crippen LogP contribution in [0.5, 0.6) is 0 Å². The predicted octanol–water partition coefficient (Wildman–Crippen LogP) is 1.33. The van der Waals surface area contributed by atoms with E-state index in [1.807, 2.05) is 29.2 Å². The minimum absolute atomic E-state index is 0.183. The summed E-state index contributed by atoms with van der Waals surface area (Å²) in [6.07, 6.45) is 2.72. The number of hydrogen-bond donors (Lipinski definition) is 1. The fraction of sp³-hybridized carbons (Fsp3) is 0.533. The number of nitrogens with two attached hydrogens (primary N) is 1. The van der Waals surface area contributed by atoms with E-state index in [-0.39, 0.29) is 12.0 Å². The molecule has 1 aromatic carbocycles. The molecule has 1 saturated heterocycles. The molecular weight excluding hydrogens is 240 g/mol. The topological polar surface area (TPSA) is 55.6 Å². The van der Waals surface area contributed by atoms with Gasteiger partial charge in [0, 0.05) is 26.7 Å². The first-order chi connectivity index (χ1) is 9.22. The number of hydrogen-bond acceptors (Lipinski definition) is 3. The summed E-state index contributed by atoms with van der Waals surface area (Å²) in [5.41, 5.74) is 7.69. The standard InChI is InChI=1S/C15H22N2O2/c1-19-14-3-2-8-17(11-14)15(18)9-12-4-6-13(10-16)7-5-12/h4-7,14H,2-3,8-11,16H2,1H3. The largest absolute Gasteiger partial charge is 0.380 e. The zero-order valence-electron chi connectivity index (χ0n) is 11.5. The SMILES string of the molecule is COC1CCCN(C(=O)Cc2ccc(CN)cc2)C1. The zero-order valence-corrected chi connectivity index (χ0v) is 11.5. The zero-order chi connectivity index (χ0) is 13.7. The van der Waals surface area contributed by atoms with E-state index in [0.29, 0.717) is 13.0 Å². The van der Waals surface area contributed by atoms with Crippen LogP contribution in [0.2, 0.25) is 0 Å². The molecule has 0 bridgehead atoms. The smallest absolute Gasteiger partial charge is 0.227 e. The maximum Gasteiger partial charge on any atom is 0.227 e. The average molecular weight is 262 g/mol. The highest BCUT2D eigenvalue weighted by Crippen LogP contribution is 2.14. The van der Waals surface area contributed by atoms with Gasteiger partial charge in [-0.2, -0.15) is 0 Å². The van der Waals surface area contributed by atoms with Crippen LogP contribution in [-0.4, -0.2) is 37.1 Å². The highest BCUT2D eigenvalue weighted by atomic mass is 16.5. The molecule has 0 radical (unpaired) electrons. The van der Waals surface area contributed by atoms with Crippen molar-refractivity contribution >= 4 is 5.91 Å². The lowest BCUT2D eigenvalue weighted by Gasteiger charge is -2.32. The minimum Gasteiger partial charge on any atom is -0.380 e. The van der Waals surface area contributed by atoms with Gasteiger partial charge in [-0.1, -0.05) is 24.3 Å². The number of methoxy groups -OCH3 is 1.